The number of rotatable bonds is 6. The third-order valence-corrected chi connectivity index (χ3v) is 5.67. The summed E-state index contributed by atoms with van der Waals surface area (Å²) in [5, 5.41) is 14.5. The number of halogens is 1. The number of hydrogen-bond acceptors (Lipinski definition) is 6. The van der Waals surface area contributed by atoms with Crippen LogP contribution < -0.4 is 0 Å². The van der Waals surface area contributed by atoms with E-state index in [2.05, 4.69) is 57.8 Å². The summed E-state index contributed by atoms with van der Waals surface area (Å²) < 4.78 is 7.52. The van der Waals surface area contributed by atoms with E-state index in [0.29, 0.717) is 29.0 Å². The zero-order chi connectivity index (χ0) is 21.1. The largest absolute Gasteiger partial charge is 0.338 e. The maximum Gasteiger partial charge on any atom is 0.237 e. The van der Waals surface area contributed by atoms with Gasteiger partial charge in [-0.3, -0.25) is 4.57 Å². The lowest BCUT2D eigenvalue weighted by Crippen LogP contribution is -2.13. The molecule has 0 aliphatic rings. The minimum atomic E-state index is -0.151. The molecule has 154 valence electrons. The van der Waals surface area contributed by atoms with Gasteiger partial charge in [-0.1, -0.05) is 79.6 Å². The van der Waals surface area contributed by atoms with Gasteiger partial charge < -0.3 is 4.52 Å². The molecule has 0 N–H and O–H groups in total. The summed E-state index contributed by atoms with van der Waals surface area (Å²) in [4.78, 5) is 4.51. The fourth-order valence-electron chi connectivity index (χ4n) is 2.86. The maximum atomic E-state index is 6.06. The van der Waals surface area contributed by atoms with Crippen LogP contribution in [0.15, 0.2) is 64.3 Å². The molecule has 30 heavy (non-hydrogen) atoms. The molecule has 2 heterocycles. The lowest BCUT2D eigenvalue weighted by molar-refractivity contribution is 0.372. The zero-order valence-corrected chi connectivity index (χ0v) is 18.6. The fourth-order valence-corrected chi connectivity index (χ4v) is 3.76. The first kappa shape index (κ1) is 20.6. The summed E-state index contributed by atoms with van der Waals surface area (Å²) in [6, 6.07) is 17.9. The highest BCUT2D eigenvalue weighted by Gasteiger charge is 2.22. The molecule has 6 nitrogen and oxygen atoms in total. The van der Waals surface area contributed by atoms with Crippen molar-refractivity contribution in [2.75, 3.05) is 0 Å². The van der Waals surface area contributed by atoms with Crippen LogP contribution in [0.1, 0.15) is 38.0 Å². The minimum Gasteiger partial charge on any atom is -0.338 e. The molecular weight excluding hydrogens is 418 g/mol. The second kappa shape index (κ2) is 8.62. The van der Waals surface area contributed by atoms with Crippen molar-refractivity contribution in [1.82, 2.24) is 24.9 Å². The van der Waals surface area contributed by atoms with E-state index in [4.69, 9.17) is 16.1 Å². The van der Waals surface area contributed by atoms with Crippen LogP contribution >= 0.6 is 23.4 Å². The van der Waals surface area contributed by atoms with Gasteiger partial charge in [-0.25, -0.2) is 0 Å². The Labute approximate surface area is 184 Å². The number of hydrogen-bond donors (Lipinski definition) is 0. The minimum absolute atomic E-state index is 0.151. The van der Waals surface area contributed by atoms with Crippen LogP contribution in [0.25, 0.3) is 11.4 Å². The van der Waals surface area contributed by atoms with E-state index in [1.807, 2.05) is 42.5 Å². The van der Waals surface area contributed by atoms with Crippen LogP contribution in [-0.2, 0) is 17.7 Å². The first-order chi connectivity index (χ1) is 14.4. The first-order valence-electron chi connectivity index (χ1n) is 9.59. The van der Waals surface area contributed by atoms with Gasteiger partial charge >= 0.3 is 0 Å². The van der Waals surface area contributed by atoms with Crippen LogP contribution in [-0.4, -0.2) is 24.9 Å². The van der Waals surface area contributed by atoms with Crippen molar-refractivity contribution < 1.29 is 4.52 Å². The van der Waals surface area contributed by atoms with Gasteiger partial charge in [-0.15, -0.1) is 10.2 Å². The quantitative estimate of drug-likeness (QED) is 0.363. The average molecular weight is 440 g/mol. The Hall–Kier alpha value is -2.64. The molecule has 0 spiro atoms. The molecule has 8 heteroatoms. The Morgan fingerprint density at radius 1 is 1.00 bits per heavy atom. The van der Waals surface area contributed by atoms with E-state index < -0.39 is 0 Å². The number of nitrogens with zero attached hydrogens (tertiary/aromatic N) is 5. The monoisotopic (exact) mass is 439 g/mol. The summed E-state index contributed by atoms with van der Waals surface area (Å²) >= 11 is 7.58. The molecule has 4 aromatic rings. The van der Waals surface area contributed by atoms with Gasteiger partial charge in [0.25, 0.3) is 0 Å². The molecule has 0 fully saturated rings. The van der Waals surface area contributed by atoms with Crippen LogP contribution in [0.3, 0.4) is 0 Å². The first-order valence-corrected chi connectivity index (χ1v) is 11.0. The Balaban J connectivity index is 1.62. The summed E-state index contributed by atoms with van der Waals surface area (Å²) in [7, 11) is 0. The lowest BCUT2D eigenvalue weighted by Gasteiger charge is -2.11. The van der Waals surface area contributed by atoms with Gasteiger partial charge in [-0.2, -0.15) is 4.98 Å². The maximum absolute atomic E-state index is 6.06. The lowest BCUT2D eigenvalue weighted by atomic mass is 9.96. The molecule has 0 saturated heterocycles. The molecule has 2 aromatic carbocycles. The summed E-state index contributed by atoms with van der Waals surface area (Å²) in [6.07, 6.45) is 0. The van der Waals surface area contributed by atoms with E-state index in [9.17, 15) is 0 Å². The van der Waals surface area contributed by atoms with E-state index >= 15 is 0 Å². The van der Waals surface area contributed by atoms with E-state index in [-0.39, 0.29) is 5.41 Å². The fraction of sp³-hybridized carbons (Fsp3) is 0.273. The third kappa shape index (κ3) is 4.74. The van der Waals surface area contributed by atoms with Crippen LogP contribution in [0.2, 0.25) is 5.02 Å². The second-order valence-electron chi connectivity index (χ2n) is 7.94. The third-order valence-electron chi connectivity index (χ3n) is 4.47. The van der Waals surface area contributed by atoms with Crippen molar-refractivity contribution in [3.05, 3.63) is 76.9 Å². The summed E-state index contributed by atoms with van der Waals surface area (Å²) in [5.41, 5.74) is 1.98. The van der Waals surface area contributed by atoms with Crippen molar-refractivity contribution in [2.24, 2.45) is 0 Å². The molecule has 0 amide bonds. The summed E-state index contributed by atoms with van der Waals surface area (Å²) in [6.45, 7) is 6.84. The molecule has 0 atom stereocenters. The Morgan fingerprint density at radius 2 is 1.73 bits per heavy atom. The van der Waals surface area contributed by atoms with Gasteiger partial charge in [0.05, 0.1) is 12.3 Å². The van der Waals surface area contributed by atoms with Gasteiger partial charge in [0.15, 0.2) is 16.8 Å². The molecular formula is C22H22ClN5OS. The standard InChI is InChI=1S/C22H22ClN5OS/c1-22(2,3)20-24-18(29-27-20)14-30-21-26-25-19(16-9-11-17(23)12-10-16)28(21)13-15-7-5-4-6-8-15/h4-12H,13-14H2,1-3H3. The van der Waals surface area contributed by atoms with Gasteiger partial charge in [0, 0.05) is 16.0 Å². The molecule has 2 aromatic heterocycles. The van der Waals surface area contributed by atoms with Crippen molar-refractivity contribution in [3.63, 3.8) is 0 Å². The molecule has 0 aliphatic carbocycles. The topological polar surface area (TPSA) is 69.6 Å². The Bertz CT molecular complexity index is 1120. The predicted molar refractivity (Wildman–Crippen MR) is 119 cm³/mol. The highest BCUT2D eigenvalue weighted by Crippen LogP contribution is 2.28. The SMILES string of the molecule is CC(C)(C)c1noc(CSc2nnc(-c3ccc(Cl)cc3)n2Cc2ccccc2)n1. The smallest absolute Gasteiger partial charge is 0.237 e. The van der Waals surface area contributed by atoms with Gasteiger partial charge in [0.1, 0.15) is 0 Å². The molecule has 0 aliphatic heterocycles. The van der Waals surface area contributed by atoms with Crippen molar-refractivity contribution in [2.45, 2.75) is 43.6 Å². The second-order valence-corrected chi connectivity index (χ2v) is 9.31. The van der Waals surface area contributed by atoms with Crippen molar-refractivity contribution in [3.8, 4) is 11.4 Å². The Kier molecular flexibility index (Phi) is 5.92. The number of benzene rings is 2. The predicted octanol–water partition coefficient (Wildman–Crippen LogP) is 5.62. The number of thioether (sulfide) groups is 1. The summed E-state index contributed by atoms with van der Waals surface area (Å²) in [5.74, 6) is 2.59. The Morgan fingerprint density at radius 3 is 2.40 bits per heavy atom. The van der Waals surface area contributed by atoms with Gasteiger partial charge in [-0.05, 0) is 29.8 Å². The average Bonchev–Trinajstić information content (AvgIpc) is 3.35. The van der Waals surface area contributed by atoms with E-state index in [1.165, 1.54) is 17.3 Å². The molecule has 0 unspecified atom stereocenters. The van der Waals surface area contributed by atoms with Crippen molar-refractivity contribution >= 4 is 23.4 Å². The normalized spacial score (nSPS) is 11.7. The number of aromatic nitrogens is 5. The highest BCUT2D eigenvalue weighted by atomic mass is 35.5. The van der Waals surface area contributed by atoms with E-state index in [0.717, 1.165) is 16.5 Å². The van der Waals surface area contributed by atoms with Crippen LogP contribution in [0.5, 0.6) is 0 Å². The molecule has 0 bridgehead atoms. The molecule has 0 radical (unpaired) electrons. The van der Waals surface area contributed by atoms with E-state index in [1.54, 1.807) is 0 Å². The molecule has 4 rings (SSSR count). The van der Waals surface area contributed by atoms with Crippen LogP contribution in [0, 0.1) is 0 Å². The molecule has 0 saturated carbocycles. The van der Waals surface area contributed by atoms with Crippen molar-refractivity contribution in [1.29, 1.82) is 0 Å². The van der Waals surface area contributed by atoms with Crippen LogP contribution in [0.4, 0.5) is 0 Å². The van der Waals surface area contributed by atoms with Gasteiger partial charge in [0.2, 0.25) is 5.89 Å². The zero-order valence-electron chi connectivity index (χ0n) is 17.0. The highest BCUT2D eigenvalue weighted by molar-refractivity contribution is 7.98.